The molecule has 0 saturated carbocycles. The van der Waals surface area contributed by atoms with Gasteiger partial charge in [0, 0.05) is 24.2 Å². The maximum Gasteiger partial charge on any atom is 0.417 e. The van der Waals surface area contributed by atoms with Crippen molar-refractivity contribution in [1.29, 1.82) is 0 Å². The van der Waals surface area contributed by atoms with Crippen LogP contribution in [0.25, 0.3) is 17.0 Å². The number of aromatic nitrogens is 5. The van der Waals surface area contributed by atoms with Crippen molar-refractivity contribution in [3.05, 3.63) is 41.6 Å². The van der Waals surface area contributed by atoms with Crippen LogP contribution < -0.4 is 0 Å². The molecule has 3 aromatic rings. The summed E-state index contributed by atoms with van der Waals surface area (Å²) in [4.78, 5) is 11.6. The van der Waals surface area contributed by atoms with E-state index in [0.29, 0.717) is 11.3 Å². The van der Waals surface area contributed by atoms with Crippen molar-refractivity contribution < 1.29 is 13.2 Å². The van der Waals surface area contributed by atoms with Gasteiger partial charge in [0.15, 0.2) is 0 Å². The smallest absolute Gasteiger partial charge is 0.254 e. The molecule has 0 amide bonds. The molecular formula is C11H5ClF3N5. The Bertz CT molecular complexity index is 783. The number of hydrogen-bond acceptors (Lipinski definition) is 4. The van der Waals surface area contributed by atoms with E-state index in [1.807, 2.05) is 0 Å². The minimum absolute atomic E-state index is 0.110. The zero-order valence-corrected chi connectivity index (χ0v) is 10.4. The normalized spacial score (nSPS) is 12.0. The van der Waals surface area contributed by atoms with Gasteiger partial charge in [-0.15, -0.1) is 0 Å². The summed E-state index contributed by atoms with van der Waals surface area (Å²) in [7, 11) is 0. The van der Waals surface area contributed by atoms with Gasteiger partial charge in [-0.25, -0.2) is 9.50 Å². The summed E-state index contributed by atoms with van der Waals surface area (Å²) < 4.78 is 39.0. The Morgan fingerprint density at radius 2 is 1.90 bits per heavy atom. The first-order chi connectivity index (χ1) is 9.45. The summed E-state index contributed by atoms with van der Waals surface area (Å²) in [5.41, 5.74) is -0.257. The monoisotopic (exact) mass is 299 g/mol. The number of pyridine rings is 1. The molecule has 0 saturated heterocycles. The minimum Gasteiger partial charge on any atom is -0.254 e. The number of rotatable bonds is 1. The van der Waals surface area contributed by atoms with E-state index in [2.05, 4.69) is 20.1 Å². The zero-order chi connectivity index (χ0) is 14.3. The zero-order valence-electron chi connectivity index (χ0n) is 9.63. The van der Waals surface area contributed by atoms with Crippen LogP contribution in [0.5, 0.6) is 0 Å². The molecule has 5 nitrogen and oxygen atoms in total. The maximum atomic E-state index is 12.5. The lowest BCUT2D eigenvalue weighted by molar-refractivity contribution is -0.137. The lowest BCUT2D eigenvalue weighted by Crippen LogP contribution is -2.06. The van der Waals surface area contributed by atoms with Gasteiger partial charge in [-0.05, 0) is 6.07 Å². The largest absolute Gasteiger partial charge is 0.417 e. The molecule has 0 aliphatic carbocycles. The lowest BCUT2D eigenvalue weighted by atomic mass is 10.2. The van der Waals surface area contributed by atoms with Crippen molar-refractivity contribution in [1.82, 2.24) is 24.6 Å². The SMILES string of the molecule is FC(F)(F)c1cnc(-c2cnc3ncnn3c2)c(Cl)c1. The molecule has 20 heavy (non-hydrogen) atoms. The predicted octanol–water partition coefficient (Wildman–Crippen LogP) is 2.86. The van der Waals surface area contributed by atoms with Gasteiger partial charge >= 0.3 is 6.18 Å². The third-order valence-corrected chi connectivity index (χ3v) is 2.86. The van der Waals surface area contributed by atoms with Crippen LogP contribution in [0.1, 0.15) is 5.56 Å². The fourth-order valence-corrected chi connectivity index (χ4v) is 1.92. The maximum absolute atomic E-state index is 12.5. The van der Waals surface area contributed by atoms with E-state index in [1.54, 1.807) is 0 Å². The molecule has 0 aromatic carbocycles. The van der Waals surface area contributed by atoms with Crippen molar-refractivity contribution >= 4 is 17.4 Å². The van der Waals surface area contributed by atoms with Crippen LogP contribution in [0.2, 0.25) is 5.02 Å². The molecule has 0 spiro atoms. The molecule has 102 valence electrons. The third-order valence-electron chi connectivity index (χ3n) is 2.58. The van der Waals surface area contributed by atoms with Gasteiger partial charge in [0.05, 0.1) is 16.3 Å². The van der Waals surface area contributed by atoms with Gasteiger partial charge < -0.3 is 0 Å². The van der Waals surface area contributed by atoms with E-state index in [0.717, 1.165) is 12.3 Å². The topological polar surface area (TPSA) is 56.0 Å². The van der Waals surface area contributed by atoms with Crippen LogP contribution >= 0.6 is 11.6 Å². The highest BCUT2D eigenvalue weighted by Gasteiger charge is 2.31. The Balaban J connectivity index is 2.09. The number of fused-ring (bicyclic) bond motifs is 1. The Hall–Kier alpha value is -2.22. The first-order valence-corrected chi connectivity index (χ1v) is 5.71. The van der Waals surface area contributed by atoms with Gasteiger partial charge in [0.1, 0.15) is 6.33 Å². The molecule has 0 atom stereocenters. The summed E-state index contributed by atoms with van der Waals surface area (Å²) >= 11 is 5.86. The Labute approximate surface area is 115 Å². The van der Waals surface area contributed by atoms with E-state index < -0.39 is 11.7 Å². The fraction of sp³-hybridized carbons (Fsp3) is 0.0909. The predicted molar refractivity (Wildman–Crippen MR) is 64.0 cm³/mol. The molecule has 3 rings (SSSR count). The standard InChI is InChI=1S/C11H5ClF3N5/c12-8-1-7(11(13,14)15)3-16-9(8)6-2-17-10-18-5-19-20(10)4-6/h1-5H. The summed E-state index contributed by atoms with van der Waals surface area (Å²) in [5, 5.41) is 3.77. The third kappa shape index (κ3) is 2.18. The molecule has 9 heteroatoms. The molecule has 0 bridgehead atoms. The summed E-state index contributed by atoms with van der Waals surface area (Å²) in [6.07, 6.45) is 0.520. The second kappa shape index (κ2) is 4.41. The molecule has 0 aliphatic rings. The van der Waals surface area contributed by atoms with Gasteiger partial charge in [-0.3, -0.25) is 4.98 Å². The molecule has 3 aromatic heterocycles. The molecule has 0 radical (unpaired) electrons. The first-order valence-electron chi connectivity index (χ1n) is 5.33. The average molecular weight is 300 g/mol. The number of hydrogen-bond donors (Lipinski definition) is 0. The van der Waals surface area contributed by atoms with Crippen molar-refractivity contribution in [2.45, 2.75) is 6.18 Å². The van der Waals surface area contributed by atoms with E-state index in [1.165, 1.54) is 23.2 Å². The Morgan fingerprint density at radius 1 is 1.10 bits per heavy atom. The molecule has 0 N–H and O–H groups in total. The van der Waals surface area contributed by atoms with Gasteiger partial charge in [0.25, 0.3) is 5.78 Å². The highest BCUT2D eigenvalue weighted by Crippen LogP contribution is 2.33. The van der Waals surface area contributed by atoms with Crippen LogP contribution in [-0.4, -0.2) is 24.6 Å². The highest BCUT2D eigenvalue weighted by atomic mass is 35.5. The van der Waals surface area contributed by atoms with Crippen LogP contribution in [0.4, 0.5) is 13.2 Å². The first kappa shape index (κ1) is 12.8. The van der Waals surface area contributed by atoms with Crippen molar-refractivity contribution in [2.24, 2.45) is 0 Å². The quantitative estimate of drug-likeness (QED) is 0.693. The van der Waals surface area contributed by atoms with Crippen molar-refractivity contribution in [3.63, 3.8) is 0 Å². The summed E-state index contributed by atoms with van der Waals surface area (Å²) in [6, 6.07) is 0.829. The number of alkyl halides is 3. The lowest BCUT2D eigenvalue weighted by Gasteiger charge is -2.09. The van der Waals surface area contributed by atoms with Crippen LogP contribution in [0.3, 0.4) is 0 Å². The van der Waals surface area contributed by atoms with Gasteiger partial charge in [0.2, 0.25) is 0 Å². The van der Waals surface area contributed by atoms with Crippen LogP contribution in [-0.2, 0) is 6.18 Å². The van der Waals surface area contributed by atoms with E-state index >= 15 is 0 Å². The number of halogens is 4. The molecule has 0 unspecified atom stereocenters. The molecule has 0 aliphatic heterocycles. The van der Waals surface area contributed by atoms with E-state index in [9.17, 15) is 13.2 Å². The highest BCUT2D eigenvalue weighted by molar-refractivity contribution is 6.33. The fourth-order valence-electron chi connectivity index (χ4n) is 1.65. The Kier molecular flexibility index (Phi) is 2.82. The summed E-state index contributed by atoms with van der Waals surface area (Å²) in [5.74, 6) is 0.372. The van der Waals surface area contributed by atoms with Crippen molar-refractivity contribution in [3.8, 4) is 11.3 Å². The van der Waals surface area contributed by atoms with Crippen LogP contribution in [0, 0.1) is 0 Å². The average Bonchev–Trinajstić information content (AvgIpc) is 2.84. The molecule has 0 fully saturated rings. The van der Waals surface area contributed by atoms with Gasteiger partial charge in [-0.2, -0.15) is 23.3 Å². The minimum atomic E-state index is -4.48. The van der Waals surface area contributed by atoms with Gasteiger partial charge in [-0.1, -0.05) is 11.6 Å². The molecular weight excluding hydrogens is 295 g/mol. The van der Waals surface area contributed by atoms with Crippen molar-refractivity contribution in [2.75, 3.05) is 0 Å². The number of nitrogens with zero attached hydrogens (tertiary/aromatic N) is 5. The second-order valence-corrected chi connectivity index (χ2v) is 4.31. The second-order valence-electron chi connectivity index (χ2n) is 3.90. The molecule has 3 heterocycles. The Morgan fingerprint density at radius 3 is 2.60 bits per heavy atom. The van der Waals surface area contributed by atoms with Crippen LogP contribution in [0.15, 0.2) is 31.0 Å². The van der Waals surface area contributed by atoms with E-state index in [-0.39, 0.29) is 10.7 Å². The van der Waals surface area contributed by atoms with E-state index in [4.69, 9.17) is 11.6 Å². The summed E-state index contributed by atoms with van der Waals surface area (Å²) in [6.45, 7) is 0.